The highest BCUT2D eigenvalue weighted by atomic mass is 16.5. The molecule has 160 valence electrons. The Balaban J connectivity index is 1.29. The smallest absolute Gasteiger partial charge is 0.222 e. The molecule has 0 spiro atoms. The number of carbonyl (C=O) groups excluding carboxylic acids is 2. The van der Waals surface area contributed by atoms with Crippen LogP contribution in [-0.4, -0.2) is 54.4 Å². The topological polar surface area (TPSA) is 49.9 Å². The third-order valence-corrected chi connectivity index (χ3v) is 5.48. The number of rotatable bonds is 9. The molecule has 1 fully saturated rings. The minimum absolute atomic E-state index is 0.152. The first-order valence-electron chi connectivity index (χ1n) is 10.9. The quantitative estimate of drug-likeness (QED) is 0.592. The zero-order valence-electron chi connectivity index (χ0n) is 17.9. The second-order valence-corrected chi connectivity index (χ2v) is 7.87. The van der Waals surface area contributed by atoms with Gasteiger partial charge in [0.1, 0.15) is 5.75 Å². The van der Waals surface area contributed by atoms with E-state index in [0.717, 1.165) is 24.2 Å². The number of carbonyl (C=O) groups is 2. The zero-order valence-corrected chi connectivity index (χ0v) is 17.9. The van der Waals surface area contributed by atoms with Crippen molar-refractivity contribution in [2.75, 3.05) is 32.8 Å². The number of hydrogen-bond donors (Lipinski definition) is 0. The van der Waals surface area contributed by atoms with Gasteiger partial charge in [0.15, 0.2) is 0 Å². The van der Waals surface area contributed by atoms with Crippen LogP contribution in [0.25, 0.3) is 0 Å². The van der Waals surface area contributed by atoms with Crippen molar-refractivity contribution in [1.82, 2.24) is 9.80 Å². The number of piperazine rings is 1. The molecule has 5 heteroatoms. The standard InChI is InChI=1S/C25H32N2O3/c1-21-8-5-12-23(20-21)30-19-7-14-25(29)27-17-15-26(16-18-27)24(28)13-6-11-22-9-3-2-4-10-22/h2-5,8-10,12,20H,6-7,11,13-19H2,1H3. The molecule has 30 heavy (non-hydrogen) atoms. The van der Waals surface area contributed by atoms with Crippen LogP contribution in [0.3, 0.4) is 0 Å². The fourth-order valence-electron chi connectivity index (χ4n) is 3.73. The van der Waals surface area contributed by atoms with Crippen LogP contribution in [0.1, 0.15) is 36.8 Å². The molecule has 0 atom stereocenters. The Kier molecular flexibility index (Phi) is 8.30. The van der Waals surface area contributed by atoms with E-state index < -0.39 is 0 Å². The highest BCUT2D eigenvalue weighted by Gasteiger charge is 2.23. The van der Waals surface area contributed by atoms with Crippen LogP contribution in [0, 0.1) is 6.92 Å². The van der Waals surface area contributed by atoms with E-state index in [1.54, 1.807) is 0 Å². The molecule has 1 aliphatic heterocycles. The molecule has 2 aromatic carbocycles. The fourth-order valence-corrected chi connectivity index (χ4v) is 3.73. The number of nitrogens with zero attached hydrogens (tertiary/aromatic N) is 2. The summed E-state index contributed by atoms with van der Waals surface area (Å²) in [7, 11) is 0. The van der Waals surface area contributed by atoms with Gasteiger partial charge in [0.05, 0.1) is 6.61 Å². The van der Waals surface area contributed by atoms with E-state index in [-0.39, 0.29) is 11.8 Å². The maximum Gasteiger partial charge on any atom is 0.222 e. The van der Waals surface area contributed by atoms with Gasteiger partial charge < -0.3 is 14.5 Å². The van der Waals surface area contributed by atoms with Crippen molar-refractivity contribution in [2.45, 2.75) is 39.0 Å². The van der Waals surface area contributed by atoms with Crippen molar-refractivity contribution >= 4 is 11.8 Å². The lowest BCUT2D eigenvalue weighted by Gasteiger charge is -2.35. The molecule has 0 aromatic heterocycles. The molecule has 3 rings (SSSR count). The van der Waals surface area contributed by atoms with Crippen LogP contribution in [0.5, 0.6) is 5.75 Å². The van der Waals surface area contributed by atoms with Gasteiger partial charge in [-0.2, -0.15) is 0 Å². The summed E-state index contributed by atoms with van der Waals surface area (Å²) in [6.07, 6.45) is 3.54. The Morgan fingerprint density at radius 1 is 0.833 bits per heavy atom. The average molecular weight is 409 g/mol. The number of ether oxygens (including phenoxy) is 1. The van der Waals surface area contributed by atoms with Crippen molar-refractivity contribution in [3.63, 3.8) is 0 Å². The van der Waals surface area contributed by atoms with Crippen LogP contribution in [0.15, 0.2) is 54.6 Å². The van der Waals surface area contributed by atoms with Crippen LogP contribution >= 0.6 is 0 Å². The second kappa shape index (κ2) is 11.4. The summed E-state index contributed by atoms with van der Waals surface area (Å²) in [6.45, 7) is 5.09. The minimum atomic E-state index is 0.152. The summed E-state index contributed by atoms with van der Waals surface area (Å²) in [6, 6.07) is 18.2. The van der Waals surface area contributed by atoms with Crippen LogP contribution in [0.4, 0.5) is 0 Å². The van der Waals surface area contributed by atoms with Crippen molar-refractivity contribution < 1.29 is 14.3 Å². The van der Waals surface area contributed by atoms with Gasteiger partial charge in [-0.25, -0.2) is 0 Å². The lowest BCUT2D eigenvalue weighted by molar-refractivity contribution is -0.139. The summed E-state index contributed by atoms with van der Waals surface area (Å²) in [4.78, 5) is 28.7. The molecule has 0 bridgehead atoms. The van der Waals surface area contributed by atoms with E-state index in [4.69, 9.17) is 4.74 Å². The second-order valence-electron chi connectivity index (χ2n) is 7.87. The molecule has 0 saturated carbocycles. The van der Waals surface area contributed by atoms with E-state index in [9.17, 15) is 9.59 Å². The highest BCUT2D eigenvalue weighted by Crippen LogP contribution is 2.14. The number of hydrogen-bond acceptors (Lipinski definition) is 3. The molecule has 2 amide bonds. The molecule has 2 aromatic rings. The van der Waals surface area contributed by atoms with Crippen LogP contribution in [0.2, 0.25) is 0 Å². The SMILES string of the molecule is Cc1cccc(OCCCC(=O)N2CCN(C(=O)CCCc3ccccc3)CC2)c1. The average Bonchev–Trinajstić information content (AvgIpc) is 2.77. The summed E-state index contributed by atoms with van der Waals surface area (Å²) in [5.41, 5.74) is 2.43. The minimum Gasteiger partial charge on any atom is -0.494 e. The predicted molar refractivity (Wildman–Crippen MR) is 118 cm³/mol. The van der Waals surface area contributed by atoms with Crippen molar-refractivity contribution in [3.8, 4) is 5.75 Å². The van der Waals surface area contributed by atoms with Gasteiger partial charge in [-0.1, -0.05) is 42.5 Å². The van der Waals surface area contributed by atoms with Gasteiger partial charge in [0.2, 0.25) is 11.8 Å². The van der Waals surface area contributed by atoms with Crippen LogP contribution in [-0.2, 0) is 16.0 Å². The zero-order chi connectivity index (χ0) is 21.2. The van der Waals surface area contributed by atoms with Crippen LogP contribution < -0.4 is 4.74 Å². The normalized spacial score (nSPS) is 13.9. The first-order chi connectivity index (χ1) is 14.6. The molecular weight excluding hydrogens is 376 g/mol. The van der Waals surface area contributed by atoms with Gasteiger partial charge in [-0.15, -0.1) is 0 Å². The summed E-state index contributed by atoms with van der Waals surface area (Å²) in [5.74, 6) is 1.20. The van der Waals surface area contributed by atoms with Gasteiger partial charge in [0.25, 0.3) is 0 Å². The molecular formula is C25H32N2O3. The van der Waals surface area contributed by atoms with Gasteiger partial charge in [-0.3, -0.25) is 9.59 Å². The molecule has 0 N–H and O–H groups in total. The van der Waals surface area contributed by atoms with E-state index in [1.807, 2.05) is 59.2 Å². The number of aryl methyl sites for hydroxylation is 2. The first kappa shape index (κ1) is 21.9. The maximum absolute atomic E-state index is 12.4. The highest BCUT2D eigenvalue weighted by molar-refractivity contribution is 5.78. The monoisotopic (exact) mass is 408 g/mol. The molecule has 5 nitrogen and oxygen atoms in total. The molecule has 0 aliphatic carbocycles. The maximum atomic E-state index is 12.4. The van der Waals surface area contributed by atoms with Gasteiger partial charge >= 0.3 is 0 Å². The predicted octanol–water partition coefficient (Wildman–Crippen LogP) is 3.85. The van der Waals surface area contributed by atoms with Crippen molar-refractivity contribution in [2.24, 2.45) is 0 Å². The van der Waals surface area contributed by atoms with Gasteiger partial charge in [0, 0.05) is 39.0 Å². The molecule has 1 aliphatic rings. The Labute approximate surface area is 179 Å². The largest absolute Gasteiger partial charge is 0.494 e. The lowest BCUT2D eigenvalue weighted by atomic mass is 10.1. The Morgan fingerprint density at radius 3 is 2.10 bits per heavy atom. The molecule has 1 saturated heterocycles. The Hall–Kier alpha value is -2.82. The van der Waals surface area contributed by atoms with E-state index in [0.29, 0.717) is 52.0 Å². The lowest BCUT2D eigenvalue weighted by Crippen LogP contribution is -2.50. The Morgan fingerprint density at radius 2 is 1.47 bits per heavy atom. The third-order valence-electron chi connectivity index (χ3n) is 5.48. The number of amides is 2. The molecule has 0 radical (unpaired) electrons. The molecule has 1 heterocycles. The first-order valence-corrected chi connectivity index (χ1v) is 10.9. The van der Waals surface area contributed by atoms with E-state index in [1.165, 1.54) is 5.56 Å². The van der Waals surface area contributed by atoms with Crippen molar-refractivity contribution in [1.29, 1.82) is 0 Å². The Bertz CT molecular complexity index is 814. The summed E-state index contributed by atoms with van der Waals surface area (Å²) >= 11 is 0. The van der Waals surface area contributed by atoms with E-state index in [2.05, 4.69) is 12.1 Å². The fraction of sp³-hybridized carbons (Fsp3) is 0.440. The molecule has 0 unspecified atom stereocenters. The van der Waals surface area contributed by atoms with E-state index >= 15 is 0 Å². The number of benzene rings is 2. The third kappa shape index (κ3) is 6.90. The summed E-state index contributed by atoms with van der Waals surface area (Å²) in [5, 5.41) is 0. The summed E-state index contributed by atoms with van der Waals surface area (Å²) < 4.78 is 5.72. The van der Waals surface area contributed by atoms with Gasteiger partial charge in [-0.05, 0) is 49.4 Å². The van der Waals surface area contributed by atoms with Crippen molar-refractivity contribution in [3.05, 3.63) is 65.7 Å².